The first-order chi connectivity index (χ1) is 10.6. The van der Waals surface area contributed by atoms with Gasteiger partial charge in [-0.05, 0) is 77.6 Å². The molecule has 0 saturated heterocycles. The van der Waals surface area contributed by atoms with E-state index in [2.05, 4.69) is 74.8 Å². The van der Waals surface area contributed by atoms with E-state index in [0.717, 1.165) is 25.7 Å². The van der Waals surface area contributed by atoms with Crippen molar-refractivity contribution in [3.8, 4) is 11.1 Å². The van der Waals surface area contributed by atoms with Gasteiger partial charge in [0.2, 0.25) is 0 Å². The zero-order chi connectivity index (χ0) is 16.3. The molecule has 0 amide bonds. The summed E-state index contributed by atoms with van der Waals surface area (Å²) in [5.41, 5.74) is 10.5. The molecule has 0 radical (unpaired) electrons. The van der Waals surface area contributed by atoms with Crippen molar-refractivity contribution in [1.82, 2.24) is 0 Å². The topological polar surface area (TPSA) is 0 Å². The van der Waals surface area contributed by atoms with Gasteiger partial charge in [-0.1, -0.05) is 61.8 Å². The number of hydrogen-bond acceptors (Lipinski definition) is 0. The maximum atomic E-state index is 3.76. The van der Waals surface area contributed by atoms with Gasteiger partial charge < -0.3 is 0 Å². The van der Waals surface area contributed by atoms with E-state index < -0.39 is 0 Å². The molecule has 0 unspecified atom stereocenters. The van der Waals surface area contributed by atoms with Gasteiger partial charge in [0.25, 0.3) is 0 Å². The lowest BCUT2D eigenvalue weighted by Crippen LogP contribution is -2.08. The highest BCUT2D eigenvalue weighted by atomic mass is 79.9. The molecule has 22 heavy (non-hydrogen) atoms. The highest BCUT2D eigenvalue weighted by Gasteiger charge is 2.20. The molecule has 0 fully saturated rings. The molecule has 2 aromatic rings. The predicted octanol–water partition coefficient (Wildman–Crippen LogP) is 6.67. The summed E-state index contributed by atoms with van der Waals surface area (Å²) in [7, 11) is 0. The molecular weight excluding hydrogens is 332 g/mol. The van der Waals surface area contributed by atoms with Gasteiger partial charge in [-0.2, -0.15) is 0 Å². The van der Waals surface area contributed by atoms with Crippen molar-refractivity contribution < 1.29 is 0 Å². The van der Waals surface area contributed by atoms with Crippen molar-refractivity contribution in [2.24, 2.45) is 0 Å². The maximum absolute atomic E-state index is 3.76. The fourth-order valence-electron chi connectivity index (χ4n) is 3.87. The Morgan fingerprint density at radius 2 is 1.23 bits per heavy atom. The second kappa shape index (κ2) is 7.46. The lowest BCUT2D eigenvalue weighted by atomic mass is 9.81. The van der Waals surface area contributed by atoms with Crippen LogP contribution in [0.4, 0.5) is 0 Å². The molecule has 118 valence electrons. The van der Waals surface area contributed by atoms with Crippen LogP contribution in [-0.2, 0) is 25.7 Å². The van der Waals surface area contributed by atoms with E-state index in [4.69, 9.17) is 0 Å². The number of hydrogen-bond donors (Lipinski definition) is 0. The molecule has 2 aromatic carbocycles. The van der Waals surface area contributed by atoms with Crippen LogP contribution in [0.1, 0.15) is 55.5 Å². The zero-order valence-electron chi connectivity index (χ0n) is 14.5. The quantitative estimate of drug-likeness (QED) is 0.559. The predicted molar refractivity (Wildman–Crippen MR) is 102 cm³/mol. The van der Waals surface area contributed by atoms with E-state index in [-0.39, 0.29) is 0 Å². The van der Waals surface area contributed by atoms with Crippen LogP contribution >= 0.6 is 15.9 Å². The van der Waals surface area contributed by atoms with Crippen molar-refractivity contribution in [3.05, 3.63) is 56.6 Å². The van der Waals surface area contributed by atoms with Gasteiger partial charge in [-0.25, -0.2) is 0 Å². The summed E-state index contributed by atoms with van der Waals surface area (Å²) < 4.78 is 1.20. The maximum Gasteiger partial charge on any atom is 0.0253 e. The van der Waals surface area contributed by atoms with Gasteiger partial charge in [0.1, 0.15) is 0 Å². The van der Waals surface area contributed by atoms with Crippen molar-refractivity contribution in [1.29, 1.82) is 0 Å². The van der Waals surface area contributed by atoms with Crippen molar-refractivity contribution >= 4 is 15.9 Å². The van der Waals surface area contributed by atoms with E-state index in [0.29, 0.717) is 0 Å². The average Bonchev–Trinajstić information content (AvgIpc) is 2.54. The normalized spacial score (nSPS) is 11.0. The molecule has 0 saturated carbocycles. The summed E-state index contributed by atoms with van der Waals surface area (Å²) in [6, 6.07) is 8.63. The molecule has 1 heteroatoms. The zero-order valence-corrected chi connectivity index (χ0v) is 16.1. The molecule has 0 heterocycles. The molecule has 2 rings (SSSR count). The molecule has 0 aliphatic heterocycles. The summed E-state index contributed by atoms with van der Waals surface area (Å²) in [5.74, 6) is 0. The van der Waals surface area contributed by atoms with Gasteiger partial charge >= 0.3 is 0 Å². The van der Waals surface area contributed by atoms with Gasteiger partial charge in [-0.3, -0.25) is 0 Å². The summed E-state index contributed by atoms with van der Waals surface area (Å²) in [6.45, 7) is 11.5. The first-order valence-electron chi connectivity index (χ1n) is 8.51. The Balaban J connectivity index is 2.92. The third-order valence-electron chi connectivity index (χ3n) is 4.78. The minimum Gasteiger partial charge on any atom is -0.0616 e. The minimum absolute atomic E-state index is 1.09. The van der Waals surface area contributed by atoms with Crippen molar-refractivity contribution in [2.45, 2.75) is 60.3 Å². The molecule has 0 aliphatic rings. The Morgan fingerprint density at radius 3 is 1.73 bits per heavy atom. The second-order valence-corrected chi connectivity index (χ2v) is 6.66. The number of halogens is 1. The molecule has 0 N–H and O–H groups in total. The Labute approximate surface area is 144 Å². The van der Waals surface area contributed by atoms with Crippen LogP contribution in [0.5, 0.6) is 0 Å². The Morgan fingerprint density at radius 1 is 0.727 bits per heavy atom. The van der Waals surface area contributed by atoms with Gasteiger partial charge in [0.05, 0.1) is 0 Å². The van der Waals surface area contributed by atoms with Crippen LogP contribution in [0, 0.1) is 6.92 Å². The summed E-state index contributed by atoms with van der Waals surface area (Å²) in [4.78, 5) is 0. The lowest BCUT2D eigenvalue weighted by molar-refractivity contribution is 0.935. The monoisotopic (exact) mass is 358 g/mol. The van der Waals surface area contributed by atoms with E-state index in [1.54, 1.807) is 22.3 Å². The van der Waals surface area contributed by atoms with E-state index in [9.17, 15) is 0 Å². The van der Waals surface area contributed by atoms with Crippen LogP contribution in [0.2, 0.25) is 0 Å². The van der Waals surface area contributed by atoms with E-state index >= 15 is 0 Å². The summed E-state index contributed by atoms with van der Waals surface area (Å²) in [5, 5.41) is 0. The summed E-state index contributed by atoms with van der Waals surface area (Å²) in [6.07, 6.45) is 4.47. The SMILES string of the molecule is CCc1c(C)c(-c2ccccc2Br)c(CC)c(CC)c1CC. The Hall–Kier alpha value is -1.08. The highest BCUT2D eigenvalue weighted by Crippen LogP contribution is 2.39. The van der Waals surface area contributed by atoms with Crippen LogP contribution in [-0.4, -0.2) is 0 Å². The second-order valence-electron chi connectivity index (χ2n) is 5.81. The molecule has 0 spiro atoms. The van der Waals surface area contributed by atoms with Gasteiger partial charge in [-0.15, -0.1) is 0 Å². The highest BCUT2D eigenvalue weighted by molar-refractivity contribution is 9.10. The van der Waals surface area contributed by atoms with Crippen LogP contribution in [0.3, 0.4) is 0 Å². The Bertz CT molecular complexity index is 668. The van der Waals surface area contributed by atoms with Crippen molar-refractivity contribution in [3.63, 3.8) is 0 Å². The average molecular weight is 359 g/mol. The third kappa shape index (κ3) is 2.88. The molecule has 0 bridgehead atoms. The molecule has 0 aromatic heterocycles. The standard InChI is InChI=1S/C21H27Br/c1-6-15-14(5)21(19-12-10-11-13-20(19)22)18(9-4)17(8-3)16(15)7-2/h10-13H,6-9H2,1-5H3. The van der Waals surface area contributed by atoms with E-state index in [1.807, 2.05) is 0 Å². The smallest absolute Gasteiger partial charge is 0.0253 e. The first-order valence-corrected chi connectivity index (χ1v) is 9.30. The van der Waals surface area contributed by atoms with E-state index in [1.165, 1.54) is 21.2 Å². The number of benzene rings is 2. The molecule has 0 atom stereocenters. The molecule has 0 aliphatic carbocycles. The Kier molecular flexibility index (Phi) is 5.86. The van der Waals surface area contributed by atoms with Crippen LogP contribution in [0.25, 0.3) is 11.1 Å². The molecule has 0 nitrogen and oxygen atoms in total. The van der Waals surface area contributed by atoms with Crippen LogP contribution < -0.4 is 0 Å². The number of rotatable bonds is 5. The summed E-state index contributed by atoms with van der Waals surface area (Å²) >= 11 is 3.76. The molecular formula is C21H27Br. The van der Waals surface area contributed by atoms with Gasteiger partial charge in [0, 0.05) is 4.47 Å². The minimum atomic E-state index is 1.09. The fourth-order valence-corrected chi connectivity index (χ4v) is 4.35. The van der Waals surface area contributed by atoms with Gasteiger partial charge in [0.15, 0.2) is 0 Å². The van der Waals surface area contributed by atoms with Crippen LogP contribution in [0.15, 0.2) is 28.7 Å². The van der Waals surface area contributed by atoms with Crippen molar-refractivity contribution in [2.75, 3.05) is 0 Å². The fraction of sp³-hybridized carbons (Fsp3) is 0.429. The third-order valence-corrected chi connectivity index (χ3v) is 5.47. The lowest BCUT2D eigenvalue weighted by Gasteiger charge is -2.24. The first kappa shape index (κ1) is 17.3. The largest absolute Gasteiger partial charge is 0.0616 e.